The summed E-state index contributed by atoms with van der Waals surface area (Å²) in [6.07, 6.45) is 3.62. The van der Waals surface area contributed by atoms with E-state index in [1.165, 1.54) is 0 Å². The van der Waals surface area contributed by atoms with E-state index < -0.39 is 0 Å². The highest BCUT2D eigenvalue weighted by molar-refractivity contribution is 9.10. The lowest BCUT2D eigenvalue weighted by Crippen LogP contribution is -2.18. The molecule has 3 nitrogen and oxygen atoms in total. The SMILES string of the molecule is Cn1cc(-c2ccc(Br)cc2)cnc1=N. The van der Waals surface area contributed by atoms with Gasteiger partial charge in [-0.15, -0.1) is 0 Å². The molecule has 1 heterocycles. The first-order chi connectivity index (χ1) is 7.16. The second-order valence-electron chi connectivity index (χ2n) is 3.28. The summed E-state index contributed by atoms with van der Waals surface area (Å²) in [5.74, 6) is 0. The van der Waals surface area contributed by atoms with Crippen LogP contribution in [0.15, 0.2) is 41.1 Å². The van der Waals surface area contributed by atoms with Crippen LogP contribution in [0.4, 0.5) is 0 Å². The highest BCUT2D eigenvalue weighted by Crippen LogP contribution is 2.19. The van der Waals surface area contributed by atoms with E-state index in [1.807, 2.05) is 37.5 Å². The molecule has 0 saturated heterocycles. The number of benzene rings is 1. The predicted molar refractivity (Wildman–Crippen MR) is 62.2 cm³/mol. The summed E-state index contributed by atoms with van der Waals surface area (Å²) < 4.78 is 2.75. The second kappa shape index (κ2) is 3.98. The Morgan fingerprint density at radius 3 is 2.47 bits per heavy atom. The molecule has 1 aromatic carbocycles. The Morgan fingerprint density at radius 2 is 1.87 bits per heavy atom. The predicted octanol–water partition coefficient (Wildman–Crippen LogP) is 2.33. The van der Waals surface area contributed by atoms with Crippen LogP contribution in [-0.4, -0.2) is 9.55 Å². The largest absolute Gasteiger partial charge is 0.320 e. The van der Waals surface area contributed by atoms with E-state index >= 15 is 0 Å². The van der Waals surface area contributed by atoms with Crippen molar-refractivity contribution in [2.75, 3.05) is 0 Å². The average Bonchev–Trinajstić information content (AvgIpc) is 2.23. The molecule has 0 fully saturated rings. The first kappa shape index (κ1) is 10.1. The Morgan fingerprint density at radius 1 is 1.20 bits per heavy atom. The van der Waals surface area contributed by atoms with Gasteiger partial charge in [-0.05, 0) is 17.7 Å². The first-order valence-electron chi connectivity index (χ1n) is 4.50. The van der Waals surface area contributed by atoms with E-state index in [0.717, 1.165) is 15.6 Å². The third-order valence-corrected chi connectivity index (χ3v) is 2.70. The minimum Gasteiger partial charge on any atom is -0.320 e. The first-order valence-corrected chi connectivity index (χ1v) is 5.29. The molecule has 0 aliphatic carbocycles. The maximum Gasteiger partial charge on any atom is 0.221 e. The van der Waals surface area contributed by atoms with Gasteiger partial charge in [-0.3, -0.25) is 5.41 Å². The van der Waals surface area contributed by atoms with Crippen molar-refractivity contribution in [3.8, 4) is 11.1 Å². The summed E-state index contributed by atoms with van der Waals surface area (Å²) in [5, 5.41) is 7.46. The molecule has 4 heteroatoms. The van der Waals surface area contributed by atoms with Crippen molar-refractivity contribution >= 4 is 15.9 Å². The summed E-state index contributed by atoms with van der Waals surface area (Å²) in [4.78, 5) is 4.00. The number of hydrogen-bond donors (Lipinski definition) is 1. The van der Waals surface area contributed by atoms with Gasteiger partial charge in [0.25, 0.3) is 0 Å². The number of aromatic nitrogens is 2. The van der Waals surface area contributed by atoms with Crippen LogP contribution in [0.2, 0.25) is 0 Å². The zero-order chi connectivity index (χ0) is 10.8. The third-order valence-electron chi connectivity index (χ3n) is 2.17. The van der Waals surface area contributed by atoms with Crippen molar-refractivity contribution in [2.45, 2.75) is 0 Å². The van der Waals surface area contributed by atoms with E-state index in [2.05, 4.69) is 20.9 Å². The molecular formula is C11H10BrN3. The molecule has 0 unspecified atom stereocenters. The van der Waals surface area contributed by atoms with Crippen molar-refractivity contribution in [3.63, 3.8) is 0 Å². The van der Waals surface area contributed by atoms with Crippen LogP contribution in [0.5, 0.6) is 0 Å². The zero-order valence-corrected chi connectivity index (χ0v) is 9.82. The fourth-order valence-corrected chi connectivity index (χ4v) is 1.58. The van der Waals surface area contributed by atoms with Crippen LogP contribution in [0.25, 0.3) is 11.1 Å². The number of hydrogen-bond acceptors (Lipinski definition) is 2. The number of nitrogens with one attached hydrogen (secondary N) is 1. The van der Waals surface area contributed by atoms with Crippen molar-refractivity contribution in [2.24, 2.45) is 7.05 Å². The van der Waals surface area contributed by atoms with Gasteiger partial charge in [0.05, 0.1) is 0 Å². The maximum atomic E-state index is 7.46. The van der Waals surface area contributed by atoms with Gasteiger partial charge >= 0.3 is 0 Å². The summed E-state index contributed by atoms with van der Waals surface area (Å²) in [6.45, 7) is 0. The number of rotatable bonds is 1. The standard InChI is InChI=1S/C11H10BrN3/c1-15-7-9(6-14-11(15)13)8-2-4-10(12)5-3-8/h2-7,13H,1H3. The molecule has 0 saturated carbocycles. The molecule has 76 valence electrons. The van der Waals surface area contributed by atoms with Gasteiger partial charge < -0.3 is 4.57 Å². The van der Waals surface area contributed by atoms with Gasteiger partial charge in [0.15, 0.2) is 0 Å². The summed E-state index contributed by atoms with van der Waals surface area (Å²) in [6, 6.07) is 8.02. The number of aryl methyl sites for hydroxylation is 1. The Labute approximate surface area is 96.1 Å². The van der Waals surface area contributed by atoms with Crippen molar-refractivity contribution in [1.82, 2.24) is 9.55 Å². The molecule has 15 heavy (non-hydrogen) atoms. The lowest BCUT2D eigenvalue weighted by Gasteiger charge is -2.03. The Kier molecular flexibility index (Phi) is 2.68. The highest BCUT2D eigenvalue weighted by Gasteiger charge is 1.98. The van der Waals surface area contributed by atoms with Crippen LogP contribution in [-0.2, 0) is 7.05 Å². The third kappa shape index (κ3) is 2.15. The molecular weight excluding hydrogens is 254 g/mol. The Balaban J connectivity index is 2.50. The van der Waals surface area contributed by atoms with Crippen LogP contribution < -0.4 is 5.62 Å². The fraction of sp³-hybridized carbons (Fsp3) is 0.0909. The monoisotopic (exact) mass is 263 g/mol. The van der Waals surface area contributed by atoms with Crippen molar-refractivity contribution in [1.29, 1.82) is 5.41 Å². The second-order valence-corrected chi connectivity index (χ2v) is 4.20. The molecule has 0 amide bonds. The molecule has 0 atom stereocenters. The number of nitrogens with zero attached hydrogens (tertiary/aromatic N) is 2. The summed E-state index contributed by atoms with van der Waals surface area (Å²) in [7, 11) is 1.82. The van der Waals surface area contributed by atoms with Gasteiger partial charge in [-0.25, -0.2) is 4.98 Å². The number of halogens is 1. The summed E-state index contributed by atoms with van der Waals surface area (Å²) in [5.41, 5.74) is 2.37. The normalized spacial score (nSPS) is 10.3. The lowest BCUT2D eigenvalue weighted by atomic mass is 10.1. The van der Waals surface area contributed by atoms with Crippen LogP contribution >= 0.6 is 15.9 Å². The molecule has 0 spiro atoms. The van der Waals surface area contributed by atoms with Gasteiger partial charge in [0.2, 0.25) is 5.62 Å². The molecule has 0 bridgehead atoms. The van der Waals surface area contributed by atoms with Crippen molar-refractivity contribution in [3.05, 3.63) is 46.8 Å². The lowest BCUT2D eigenvalue weighted by molar-refractivity contribution is 0.764. The summed E-state index contributed by atoms with van der Waals surface area (Å²) >= 11 is 3.39. The van der Waals surface area contributed by atoms with E-state index in [9.17, 15) is 0 Å². The van der Waals surface area contributed by atoms with Crippen LogP contribution in [0.3, 0.4) is 0 Å². The minimum atomic E-state index is 0.260. The van der Waals surface area contributed by atoms with Crippen LogP contribution in [0, 0.1) is 5.41 Å². The smallest absolute Gasteiger partial charge is 0.221 e. The highest BCUT2D eigenvalue weighted by atomic mass is 79.9. The molecule has 2 aromatic rings. The Hall–Kier alpha value is -1.42. The molecule has 0 aliphatic rings. The minimum absolute atomic E-state index is 0.260. The van der Waals surface area contributed by atoms with Crippen molar-refractivity contribution < 1.29 is 0 Å². The zero-order valence-electron chi connectivity index (χ0n) is 8.24. The van der Waals surface area contributed by atoms with Gasteiger partial charge in [-0.1, -0.05) is 28.1 Å². The average molecular weight is 264 g/mol. The van der Waals surface area contributed by atoms with E-state index in [4.69, 9.17) is 5.41 Å². The molecule has 1 aromatic heterocycles. The quantitative estimate of drug-likeness (QED) is 0.843. The Bertz CT molecular complexity index is 528. The van der Waals surface area contributed by atoms with Gasteiger partial charge in [0.1, 0.15) is 0 Å². The molecule has 2 rings (SSSR count). The van der Waals surface area contributed by atoms with Crippen LogP contribution in [0.1, 0.15) is 0 Å². The topological polar surface area (TPSA) is 41.7 Å². The molecule has 0 aliphatic heterocycles. The van der Waals surface area contributed by atoms with E-state index in [-0.39, 0.29) is 5.62 Å². The fourth-order valence-electron chi connectivity index (χ4n) is 1.32. The molecule has 1 N–H and O–H groups in total. The van der Waals surface area contributed by atoms with E-state index in [1.54, 1.807) is 10.8 Å². The van der Waals surface area contributed by atoms with E-state index in [0.29, 0.717) is 0 Å². The molecule has 0 radical (unpaired) electrons. The van der Waals surface area contributed by atoms with Gasteiger partial charge in [0, 0.05) is 29.5 Å². The van der Waals surface area contributed by atoms with Gasteiger partial charge in [-0.2, -0.15) is 0 Å². The maximum absolute atomic E-state index is 7.46.